The van der Waals surface area contributed by atoms with Gasteiger partial charge in [-0.25, -0.2) is 4.39 Å². The fourth-order valence-corrected chi connectivity index (χ4v) is 5.02. The highest BCUT2D eigenvalue weighted by Gasteiger charge is 2.31. The molecule has 7 heteroatoms. The lowest BCUT2D eigenvalue weighted by atomic mass is 10.1. The van der Waals surface area contributed by atoms with E-state index in [9.17, 15) is 14.0 Å². The molecule has 5 nitrogen and oxygen atoms in total. The van der Waals surface area contributed by atoms with Gasteiger partial charge in [-0.05, 0) is 55.9 Å². The first-order valence-electron chi connectivity index (χ1n) is 9.41. The second-order valence-electron chi connectivity index (χ2n) is 7.28. The van der Waals surface area contributed by atoms with Crippen LogP contribution in [0.5, 0.6) is 0 Å². The molecule has 2 aromatic heterocycles. The summed E-state index contributed by atoms with van der Waals surface area (Å²) in [5.74, 6) is -0.866. The van der Waals surface area contributed by atoms with Crippen LogP contribution in [0.4, 0.5) is 9.39 Å². The number of benzene rings is 1. The molecule has 0 aliphatic heterocycles. The first kappa shape index (κ1) is 17.3. The van der Waals surface area contributed by atoms with Gasteiger partial charge in [-0.1, -0.05) is 0 Å². The van der Waals surface area contributed by atoms with Crippen LogP contribution in [0.2, 0.25) is 0 Å². The standard InChI is InChI=1S/C21H18FN3O2S/c22-16-7-6-13(15-10-23-9-8-12(15)16)19(26)25-21-18(20(27)24-11-4-5-11)14-2-1-3-17(14)28-21/h6-11H,1-5H2,(H,24,27)(H,25,26). The Morgan fingerprint density at radius 1 is 1.11 bits per heavy atom. The highest BCUT2D eigenvalue weighted by atomic mass is 32.1. The molecule has 0 spiro atoms. The van der Waals surface area contributed by atoms with Crippen molar-refractivity contribution in [3.8, 4) is 0 Å². The van der Waals surface area contributed by atoms with Crippen molar-refractivity contribution >= 4 is 38.9 Å². The van der Waals surface area contributed by atoms with Gasteiger partial charge in [0.25, 0.3) is 11.8 Å². The van der Waals surface area contributed by atoms with E-state index >= 15 is 0 Å². The number of halogens is 1. The summed E-state index contributed by atoms with van der Waals surface area (Å²) in [4.78, 5) is 31.0. The van der Waals surface area contributed by atoms with Crippen molar-refractivity contribution in [3.63, 3.8) is 0 Å². The number of fused-ring (bicyclic) bond motifs is 2. The number of hydrogen-bond acceptors (Lipinski definition) is 4. The van der Waals surface area contributed by atoms with Gasteiger partial charge < -0.3 is 10.6 Å². The Hall–Kier alpha value is -2.80. The summed E-state index contributed by atoms with van der Waals surface area (Å²) < 4.78 is 14.1. The second kappa shape index (κ2) is 6.67. The van der Waals surface area contributed by atoms with E-state index in [0.29, 0.717) is 26.9 Å². The molecule has 0 bridgehead atoms. The molecule has 1 saturated carbocycles. The second-order valence-corrected chi connectivity index (χ2v) is 8.38. The zero-order valence-corrected chi connectivity index (χ0v) is 15.9. The van der Waals surface area contributed by atoms with Crippen molar-refractivity contribution in [2.24, 2.45) is 0 Å². The average Bonchev–Trinajstić information content (AvgIpc) is 3.27. The minimum atomic E-state index is -0.395. The average molecular weight is 395 g/mol. The van der Waals surface area contributed by atoms with Gasteiger partial charge >= 0.3 is 0 Å². The number of carbonyl (C=O) groups is 2. The summed E-state index contributed by atoms with van der Waals surface area (Å²) in [6.07, 6.45) is 7.83. The van der Waals surface area contributed by atoms with Crippen molar-refractivity contribution in [2.75, 3.05) is 5.32 Å². The van der Waals surface area contributed by atoms with Gasteiger partial charge in [0.15, 0.2) is 0 Å². The number of hydrogen-bond donors (Lipinski definition) is 2. The summed E-state index contributed by atoms with van der Waals surface area (Å²) in [5, 5.41) is 7.32. The molecule has 5 rings (SSSR count). The minimum Gasteiger partial charge on any atom is -0.349 e. The number of nitrogens with zero attached hydrogens (tertiary/aromatic N) is 1. The number of aromatic nitrogens is 1. The lowest BCUT2D eigenvalue weighted by Crippen LogP contribution is -2.27. The number of aryl methyl sites for hydroxylation is 1. The van der Waals surface area contributed by atoms with Crippen LogP contribution in [0.1, 0.15) is 50.4 Å². The van der Waals surface area contributed by atoms with E-state index in [2.05, 4.69) is 15.6 Å². The van der Waals surface area contributed by atoms with E-state index in [4.69, 9.17) is 0 Å². The minimum absolute atomic E-state index is 0.108. The Kier molecular flexibility index (Phi) is 4.12. The van der Waals surface area contributed by atoms with E-state index in [1.807, 2.05) is 0 Å². The summed E-state index contributed by atoms with van der Waals surface area (Å²) >= 11 is 1.47. The molecule has 3 aromatic rings. The van der Waals surface area contributed by atoms with Crippen LogP contribution in [0.25, 0.3) is 10.8 Å². The van der Waals surface area contributed by atoms with E-state index in [-0.39, 0.29) is 17.9 Å². The molecule has 2 heterocycles. The third-order valence-corrected chi connectivity index (χ3v) is 6.50. The Labute approximate surface area is 165 Å². The van der Waals surface area contributed by atoms with Gasteiger partial charge in [-0.15, -0.1) is 11.3 Å². The molecule has 2 N–H and O–H groups in total. The predicted octanol–water partition coefficient (Wildman–Crippen LogP) is 4.07. The largest absolute Gasteiger partial charge is 0.349 e. The van der Waals surface area contributed by atoms with Crippen LogP contribution in [-0.4, -0.2) is 22.8 Å². The number of thiophene rings is 1. The van der Waals surface area contributed by atoms with Crippen molar-refractivity contribution in [1.29, 1.82) is 0 Å². The van der Waals surface area contributed by atoms with Crippen LogP contribution < -0.4 is 10.6 Å². The van der Waals surface area contributed by atoms with Crippen molar-refractivity contribution in [3.05, 3.63) is 58.0 Å². The van der Waals surface area contributed by atoms with Crippen LogP contribution in [0, 0.1) is 5.82 Å². The molecule has 142 valence electrons. The van der Waals surface area contributed by atoms with Gasteiger partial charge in [0.2, 0.25) is 0 Å². The molecular formula is C21H18FN3O2S. The van der Waals surface area contributed by atoms with Gasteiger partial charge in [0, 0.05) is 39.6 Å². The lowest BCUT2D eigenvalue weighted by molar-refractivity contribution is 0.0951. The van der Waals surface area contributed by atoms with E-state index in [0.717, 1.165) is 37.7 Å². The highest BCUT2D eigenvalue weighted by Crippen LogP contribution is 2.40. The maximum Gasteiger partial charge on any atom is 0.256 e. The molecule has 0 radical (unpaired) electrons. The number of carbonyl (C=O) groups excluding carboxylic acids is 2. The number of rotatable bonds is 4. The smallest absolute Gasteiger partial charge is 0.256 e. The third-order valence-electron chi connectivity index (χ3n) is 5.30. The topological polar surface area (TPSA) is 71.1 Å². The van der Waals surface area contributed by atoms with Crippen LogP contribution in [0.15, 0.2) is 30.6 Å². The number of amides is 2. The van der Waals surface area contributed by atoms with E-state index < -0.39 is 5.82 Å². The quantitative estimate of drug-likeness (QED) is 0.700. The van der Waals surface area contributed by atoms with Gasteiger partial charge in [0.1, 0.15) is 10.8 Å². The van der Waals surface area contributed by atoms with Gasteiger partial charge in [0.05, 0.1) is 5.56 Å². The fourth-order valence-electron chi connectivity index (χ4n) is 3.74. The summed E-state index contributed by atoms with van der Waals surface area (Å²) in [6, 6.07) is 4.54. The van der Waals surface area contributed by atoms with Gasteiger partial charge in [-0.3, -0.25) is 14.6 Å². The fraction of sp³-hybridized carbons (Fsp3) is 0.286. The van der Waals surface area contributed by atoms with Crippen molar-refractivity contribution in [2.45, 2.75) is 38.1 Å². The lowest BCUT2D eigenvalue weighted by Gasteiger charge is -2.10. The van der Waals surface area contributed by atoms with Crippen molar-refractivity contribution < 1.29 is 14.0 Å². The molecule has 0 unspecified atom stereocenters. The molecule has 2 amide bonds. The summed E-state index contributed by atoms with van der Waals surface area (Å²) in [5.41, 5.74) is 2.00. The molecule has 0 atom stereocenters. The van der Waals surface area contributed by atoms with E-state index in [1.165, 1.54) is 40.7 Å². The molecule has 1 aromatic carbocycles. The first-order valence-corrected chi connectivity index (χ1v) is 10.2. The maximum atomic E-state index is 14.1. The normalized spacial score (nSPS) is 15.5. The molecular weight excluding hydrogens is 377 g/mol. The van der Waals surface area contributed by atoms with E-state index in [1.54, 1.807) is 6.07 Å². The van der Waals surface area contributed by atoms with Crippen LogP contribution in [0.3, 0.4) is 0 Å². The van der Waals surface area contributed by atoms with Gasteiger partial charge in [-0.2, -0.15) is 0 Å². The van der Waals surface area contributed by atoms with Crippen LogP contribution >= 0.6 is 11.3 Å². The highest BCUT2D eigenvalue weighted by molar-refractivity contribution is 7.17. The van der Waals surface area contributed by atoms with Crippen molar-refractivity contribution in [1.82, 2.24) is 10.3 Å². The Morgan fingerprint density at radius 3 is 2.79 bits per heavy atom. The third kappa shape index (κ3) is 2.96. The number of nitrogens with one attached hydrogen (secondary N) is 2. The predicted molar refractivity (Wildman–Crippen MR) is 106 cm³/mol. The van der Waals surface area contributed by atoms with Crippen LogP contribution in [-0.2, 0) is 12.8 Å². The molecule has 0 saturated heterocycles. The number of pyridine rings is 1. The molecule has 2 aliphatic rings. The zero-order chi connectivity index (χ0) is 19.3. The SMILES string of the molecule is O=C(NC1CC1)c1c(NC(=O)c2ccc(F)c3ccncc23)sc2c1CCC2. The Balaban J connectivity index is 1.51. The monoisotopic (exact) mass is 395 g/mol. The number of anilines is 1. The Bertz CT molecular complexity index is 1120. The maximum absolute atomic E-state index is 14.1. The molecule has 28 heavy (non-hydrogen) atoms. The zero-order valence-electron chi connectivity index (χ0n) is 15.0. The summed E-state index contributed by atoms with van der Waals surface area (Å²) in [6.45, 7) is 0. The summed E-state index contributed by atoms with van der Waals surface area (Å²) in [7, 11) is 0. The first-order chi connectivity index (χ1) is 13.6. The Morgan fingerprint density at radius 2 is 1.96 bits per heavy atom. The molecule has 2 aliphatic carbocycles. The molecule has 1 fully saturated rings.